The van der Waals surface area contributed by atoms with Crippen LogP contribution in [0.5, 0.6) is 0 Å². The Balaban J connectivity index is 2.37. The van der Waals surface area contributed by atoms with Gasteiger partial charge in [-0.1, -0.05) is 0 Å². The van der Waals surface area contributed by atoms with E-state index in [0.717, 1.165) is 18.6 Å². The number of carbonyl (C=O) groups is 2. The summed E-state index contributed by atoms with van der Waals surface area (Å²) in [4.78, 5) is 22.5. The third kappa shape index (κ3) is 4.04. The van der Waals surface area contributed by atoms with E-state index in [-0.39, 0.29) is 5.91 Å². The average molecular weight is 245 g/mol. The molecule has 0 aliphatic carbocycles. The Morgan fingerprint density at radius 3 is 2.69 bits per heavy atom. The number of hydrogen-bond donors (Lipinski definition) is 2. The van der Waals surface area contributed by atoms with Gasteiger partial charge in [0.05, 0.1) is 0 Å². The number of hydrogen-bond acceptors (Lipinski definition) is 3. The van der Waals surface area contributed by atoms with Gasteiger partial charge >= 0.3 is 5.97 Å². The standard InChI is InChI=1S/C11H19NO3S/c1-11(2,10(14)15)12-9(13)6-8-4-3-5-16-7-8/h8H,3-7H2,1-2H3,(H,12,13)(H,14,15). The van der Waals surface area contributed by atoms with Crippen LogP contribution in [-0.4, -0.2) is 34.0 Å². The second-order valence-corrected chi connectivity index (χ2v) is 5.92. The van der Waals surface area contributed by atoms with Crippen molar-refractivity contribution in [3.05, 3.63) is 0 Å². The number of thioether (sulfide) groups is 1. The van der Waals surface area contributed by atoms with E-state index < -0.39 is 11.5 Å². The molecule has 0 radical (unpaired) electrons. The molecular formula is C11H19NO3S. The fourth-order valence-corrected chi connectivity index (χ4v) is 2.84. The van der Waals surface area contributed by atoms with Crippen LogP contribution in [0, 0.1) is 5.92 Å². The monoisotopic (exact) mass is 245 g/mol. The predicted octanol–water partition coefficient (Wildman–Crippen LogP) is 1.50. The molecule has 0 aromatic rings. The molecule has 1 fully saturated rings. The maximum absolute atomic E-state index is 11.6. The lowest BCUT2D eigenvalue weighted by Gasteiger charge is -2.24. The van der Waals surface area contributed by atoms with Gasteiger partial charge in [0.15, 0.2) is 0 Å². The lowest BCUT2D eigenvalue weighted by atomic mass is 9.99. The second kappa shape index (κ2) is 5.57. The van der Waals surface area contributed by atoms with Crippen molar-refractivity contribution in [2.24, 2.45) is 5.92 Å². The van der Waals surface area contributed by atoms with E-state index in [1.165, 1.54) is 19.6 Å². The zero-order valence-corrected chi connectivity index (χ0v) is 10.6. The van der Waals surface area contributed by atoms with Crippen molar-refractivity contribution in [3.63, 3.8) is 0 Å². The number of amides is 1. The molecule has 0 aromatic heterocycles. The Bertz CT molecular complexity index is 272. The highest BCUT2D eigenvalue weighted by atomic mass is 32.2. The molecule has 0 spiro atoms. The van der Waals surface area contributed by atoms with Crippen LogP contribution in [0.4, 0.5) is 0 Å². The van der Waals surface area contributed by atoms with Crippen molar-refractivity contribution < 1.29 is 14.7 Å². The molecule has 2 N–H and O–H groups in total. The van der Waals surface area contributed by atoms with Gasteiger partial charge < -0.3 is 10.4 Å². The molecule has 1 saturated heterocycles. The van der Waals surface area contributed by atoms with E-state index in [2.05, 4.69) is 5.32 Å². The van der Waals surface area contributed by atoms with Crippen LogP contribution in [0.2, 0.25) is 0 Å². The van der Waals surface area contributed by atoms with Crippen molar-refractivity contribution in [3.8, 4) is 0 Å². The average Bonchev–Trinajstić information content (AvgIpc) is 2.17. The van der Waals surface area contributed by atoms with Crippen LogP contribution in [0.25, 0.3) is 0 Å². The van der Waals surface area contributed by atoms with Crippen molar-refractivity contribution >= 4 is 23.6 Å². The van der Waals surface area contributed by atoms with Crippen LogP contribution >= 0.6 is 11.8 Å². The quantitative estimate of drug-likeness (QED) is 0.787. The van der Waals surface area contributed by atoms with Crippen molar-refractivity contribution in [1.82, 2.24) is 5.32 Å². The van der Waals surface area contributed by atoms with E-state index in [0.29, 0.717) is 12.3 Å². The SMILES string of the molecule is CC(C)(NC(=O)CC1CCCSC1)C(=O)O. The molecular weight excluding hydrogens is 226 g/mol. The minimum atomic E-state index is -1.17. The topological polar surface area (TPSA) is 66.4 Å². The molecule has 0 saturated carbocycles. The Labute approximate surface area is 100 Å². The van der Waals surface area contributed by atoms with E-state index in [1.54, 1.807) is 0 Å². The van der Waals surface area contributed by atoms with Gasteiger partial charge in [0.2, 0.25) is 5.91 Å². The Morgan fingerprint density at radius 2 is 2.19 bits per heavy atom. The first kappa shape index (κ1) is 13.4. The maximum Gasteiger partial charge on any atom is 0.328 e. The normalized spacial score (nSPS) is 21.5. The number of nitrogens with one attached hydrogen (secondary N) is 1. The first-order chi connectivity index (χ1) is 7.42. The van der Waals surface area contributed by atoms with Crippen LogP contribution in [0.15, 0.2) is 0 Å². The number of aliphatic carboxylic acids is 1. The van der Waals surface area contributed by atoms with Gasteiger partial charge in [0, 0.05) is 6.42 Å². The zero-order valence-electron chi connectivity index (χ0n) is 9.78. The number of rotatable bonds is 4. The lowest BCUT2D eigenvalue weighted by molar-refractivity contribution is -0.146. The Morgan fingerprint density at radius 1 is 1.50 bits per heavy atom. The van der Waals surface area contributed by atoms with Crippen LogP contribution in [0.1, 0.15) is 33.1 Å². The van der Waals surface area contributed by atoms with Gasteiger partial charge in [0.1, 0.15) is 5.54 Å². The van der Waals surface area contributed by atoms with Crippen molar-refractivity contribution in [1.29, 1.82) is 0 Å². The Kier molecular flexibility index (Phi) is 4.65. The first-order valence-electron chi connectivity index (χ1n) is 5.54. The maximum atomic E-state index is 11.6. The first-order valence-corrected chi connectivity index (χ1v) is 6.69. The summed E-state index contributed by atoms with van der Waals surface area (Å²) < 4.78 is 0. The van der Waals surface area contributed by atoms with Crippen LogP contribution in [0.3, 0.4) is 0 Å². The highest BCUT2D eigenvalue weighted by molar-refractivity contribution is 7.99. The number of carbonyl (C=O) groups excluding carboxylic acids is 1. The molecule has 4 nitrogen and oxygen atoms in total. The molecule has 1 rings (SSSR count). The molecule has 92 valence electrons. The van der Waals surface area contributed by atoms with E-state index in [4.69, 9.17) is 5.11 Å². The van der Waals surface area contributed by atoms with Crippen molar-refractivity contribution in [2.45, 2.75) is 38.6 Å². The summed E-state index contributed by atoms with van der Waals surface area (Å²) in [7, 11) is 0. The molecule has 16 heavy (non-hydrogen) atoms. The second-order valence-electron chi connectivity index (χ2n) is 4.77. The van der Waals surface area contributed by atoms with Gasteiger partial charge in [-0.25, -0.2) is 4.79 Å². The van der Waals surface area contributed by atoms with E-state index in [9.17, 15) is 9.59 Å². The molecule has 5 heteroatoms. The largest absolute Gasteiger partial charge is 0.480 e. The van der Waals surface area contributed by atoms with Crippen LogP contribution < -0.4 is 5.32 Å². The van der Waals surface area contributed by atoms with Gasteiger partial charge in [-0.15, -0.1) is 0 Å². The summed E-state index contributed by atoms with van der Waals surface area (Å²) in [5, 5.41) is 11.4. The van der Waals surface area contributed by atoms with E-state index in [1.807, 2.05) is 11.8 Å². The van der Waals surface area contributed by atoms with E-state index >= 15 is 0 Å². The summed E-state index contributed by atoms with van der Waals surface area (Å²) in [5.41, 5.74) is -1.17. The minimum Gasteiger partial charge on any atom is -0.480 e. The van der Waals surface area contributed by atoms with Crippen molar-refractivity contribution in [2.75, 3.05) is 11.5 Å². The third-order valence-electron chi connectivity index (χ3n) is 2.72. The van der Waals surface area contributed by atoms with Crippen LogP contribution in [-0.2, 0) is 9.59 Å². The van der Waals surface area contributed by atoms with Gasteiger partial charge in [-0.2, -0.15) is 11.8 Å². The number of carboxylic acids is 1. The fraction of sp³-hybridized carbons (Fsp3) is 0.818. The molecule has 0 bridgehead atoms. The molecule has 0 aromatic carbocycles. The van der Waals surface area contributed by atoms with Gasteiger partial charge in [0.25, 0.3) is 0 Å². The molecule has 1 amide bonds. The summed E-state index contributed by atoms with van der Waals surface area (Å²) in [6, 6.07) is 0. The molecule has 1 heterocycles. The zero-order chi connectivity index (χ0) is 12.2. The van der Waals surface area contributed by atoms with Gasteiger partial charge in [-0.05, 0) is 44.1 Å². The molecule has 1 aliphatic heterocycles. The highest BCUT2D eigenvalue weighted by Crippen LogP contribution is 2.25. The lowest BCUT2D eigenvalue weighted by Crippen LogP contribution is -2.50. The molecule has 1 aliphatic rings. The summed E-state index contributed by atoms with van der Waals surface area (Å²) in [6.45, 7) is 3.01. The third-order valence-corrected chi connectivity index (χ3v) is 4.00. The number of carboxylic acid groups (broad SMARTS) is 1. The Hall–Kier alpha value is -0.710. The molecule has 1 atom stereocenters. The fourth-order valence-electron chi connectivity index (χ4n) is 1.68. The van der Waals surface area contributed by atoms with Gasteiger partial charge in [-0.3, -0.25) is 4.79 Å². The summed E-state index contributed by atoms with van der Waals surface area (Å²) >= 11 is 1.87. The minimum absolute atomic E-state index is 0.153. The smallest absolute Gasteiger partial charge is 0.328 e. The molecule has 1 unspecified atom stereocenters. The summed E-state index contributed by atoms with van der Waals surface area (Å²) in [5.74, 6) is 1.45. The summed E-state index contributed by atoms with van der Waals surface area (Å²) in [6.07, 6.45) is 2.68. The predicted molar refractivity (Wildman–Crippen MR) is 64.5 cm³/mol. The highest BCUT2D eigenvalue weighted by Gasteiger charge is 2.29.